The third-order valence-corrected chi connectivity index (χ3v) is 4.13. The lowest BCUT2D eigenvalue weighted by Crippen LogP contribution is -2.43. The molecule has 106 valence electrons. The van der Waals surface area contributed by atoms with Gasteiger partial charge in [0.25, 0.3) is 0 Å². The molecule has 1 aromatic heterocycles. The minimum absolute atomic E-state index is 0.217. The van der Waals surface area contributed by atoms with E-state index < -0.39 is 0 Å². The number of aromatic nitrogens is 2. The van der Waals surface area contributed by atoms with Crippen molar-refractivity contribution in [3.05, 3.63) is 42.4 Å². The molecular formula is C15H21N5. The first-order valence-electron chi connectivity index (χ1n) is 7.12. The van der Waals surface area contributed by atoms with E-state index >= 15 is 0 Å². The Labute approximate surface area is 119 Å². The molecule has 0 aromatic carbocycles. The van der Waals surface area contributed by atoms with E-state index in [1.807, 2.05) is 12.4 Å². The van der Waals surface area contributed by atoms with Crippen LogP contribution < -0.4 is 5.73 Å². The number of rotatable bonds is 2. The second-order valence-corrected chi connectivity index (χ2v) is 5.53. The average molecular weight is 271 g/mol. The fraction of sp³-hybridized carbons (Fsp3) is 0.467. The topological polar surface area (TPSA) is 58.3 Å². The molecule has 2 N–H and O–H groups in total. The van der Waals surface area contributed by atoms with Crippen LogP contribution in [0.1, 0.15) is 24.4 Å². The van der Waals surface area contributed by atoms with Gasteiger partial charge in [-0.2, -0.15) is 0 Å². The quantitative estimate of drug-likeness (QED) is 0.885. The van der Waals surface area contributed by atoms with Crippen molar-refractivity contribution in [3.63, 3.8) is 0 Å². The second kappa shape index (κ2) is 5.63. The Morgan fingerprint density at radius 2 is 1.85 bits per heavy atom. The summed E-state index contributed by atoms with van der Waals surface area (Å²) in [6.45, 7) is 2.31. The highest BCUT2D eigenvalue weighted by atomic mass is 15.2. The molecule has 1 fully saturated rings. The van der Waals surface area contributed by atoms with Crippen molar-refractivity contribution in [2.45, 2.75) is 24.9 Å². The first-order valence-corrected chi connectivity index (χ1v) is 7.12. The molecule has 2 aliphatic heterocycles. The molecule has 0 spiro atoms. The van der Waals surface area contributed by atoms with E-state index in [1.54, 1.807) is 0 Å². The predicted octanol–water partition coefficient (Wildman–Crippen LogP) is 1.58. The number of nitrogen functional groups attached to an aromatic ring is 1. The average Bonchev–Trinajstić information content (AvgIpc) is 2.49. The van der Waals surface area contributed by atoms with Gasteiger partial charge < -0.3 is 15.5 Å². The number of nitrogens with two attached hydrogens (primary N) is 1. The molecule has 1 atom stereocenters. The van der Waals surface area contributed by atoms with Gasteiger partial charge in [0.1, 0.15) is 0 Å². The number of hydrogen-bond donors (Lipinski definition) is 1. The lowest BCUT2D eigenvalue weighted by molar-refractivity contribution is 0.140. The van der Waals surface area contributed by atoms with Gasteiger partial charge in [-0.1, -0.05) is 12.2 Å². The zero-order chi connectivity index (χ0) is 13.9. The van der Waals surface area contributed by atoms with Gasteiger partial charge in [0.05, 0.1) is 6.04 Å². The maximum absolute atomic E-state index is 5.58. The number of likely N-dealkylation sites (tertiary alicyclic amines) is 1. The molecule has 0 bridgehead atoms. The van der Waals surface area contributed by atoms with E-state index in [9.17, 15) is 0 Å². The van der Waals surface area contributed by atoms with Crippen molar-refractivity contribution in [2.75, 3.05) is 25.9 Å². The van der Waals surface area contributed by atoms with E-state index in [0.29, 0.717) is 12.0 Å². The van der Waals surface area contributed by atoms with Crippen molar-refractivity contribution in [1.29, 1.82) is 0 Å². The van der Waals surface area contributed by atoms with E-state index in [0.717, 1.165) is 18.7 Å². The molecule has 1 aromatic rings. The van der Waals surface area contributed by atoms with Crippen LogP contribution in [0.2, 0.25) is 0 Å². The molecule has 5 heteroatoms. The normalized spacial score (nSPS) is 24.2. The Balaban J connectivity index is 1.79. The van der Waals surface area contributed by atoms with Crippen LogP contribution >= 0.6 is 0 Å². The predicted molar refractivity (Wildman–Crippen MR) is 79.8 cm³/mol. The van der Waals surface area contributed by atoms with Crippen molar-refractivity contribution in [1.82, 2.24) is 19.8 Å². The SMILES string of the molecule is CN1CCC(N2C=CC=CC2c2cnc(N)nc2)CC1. The van der Waals surface area contributed by atoms with Crippen LogP contribution in [0.5, 0.6) is 0 Å². The summed E-state index contributed by atoms with van der Waals surface area (Å²) in [6, 6.07) is 0.795. The third-order valence-electron chi connectivity index (χ3n) is 4.13. The van der Waals surface area contributed by atoms with Crippen molar-refractivity contribution in [3.8, 4) is 0 Å². The van der Waals surface area contributed by atoms with Gasteiger partial charge in [-0.15, -0.1) is 0 Å². The van der Waals surface area contributed by atoms with Gasteiger partial charge in [-0.3, -0.25) is 0 Å². The number of hydrogen-bond acceptors (Lipinski definition) is 5. The summed E-state index contributed by atoms with van der Waals surface area (Å²) in [7, 11) is 2.19. The first kappa shape index (κ1) is 13.1. The van der Waals surface area contributed by atoms with E-state index in [4.69, 9.17) is 5.73 Å². The fourth-order valence-corrected chi connectivity index (χ4v) is 2.94. The summed E-state index contributed by atoms with van der Waals surface area (Å²) < 4.78 is 0. The van der Waals surface area contributed by atoms with Crippen LogP contribution in [0.25, 0.3) is 0 Å². The Kier molecular flexibility index (Phi) is 3.69. The van der Waals surface area contributed by atoms with Crippen LogP contribution in [0, 0.1) is 0 Å². The molecule has 1 saturated heterocycles. The Morgan fingerprint density at radius 1 is 1.15 bits per heavy atom. The smallest absolute Gasteiger partial charge is 0.219 e. The summed E-state index contributed by atoms with van der Waals surface area (Å²) in [4.78, 5) is 13.1. The number of nitrogens with zero attached hydrogens (tertiary/aromatic N) is 4. The van der Waals surface area contributed by atoms with Crippen molar-refractivity contribution in [2.24, 2.45) is 0 Å². The second-order valence-electron chi connectivity index (χ2n) is 5.53. The first-order chi connectivity index (χ1) is 9.74. The van der Waals surface area contributed by atoms with Crippen LogP contribution in [-0.4, -0.2) is 45.9 Å². The standard InChI is InChI=1S/C15H21N5/c1-19-8-5-13(6-9-19)20-7-3-2-4-14(20)12-10-17-15(16)18-11-12/h2-4,7,10-11,13-14H,5-6,8-9H2,1H3,(H2,16,17,18). The summed E-state index contributed by atoms with van der Waals surface area (Å²) in [5.74, 6) is 0.329. The summed E-state index contributed by atoms with van der Waals surface area (Å²) in [5.41, 5.74) is 6.67. The molecule has 0 amide bonds. The van der Waals surface area contributed by atoms with Gasteiger partial charge in [0.2, 0.25) is 5.95 Å². The summed E-state index contributed by atoms with van der Waals surface area (Å²) >= 11 is 0. The van der Waals surface area contributed by atoms with Crippen LogP contribution in [0.3, 0.4) is 0 Å². The van der Waals surface area contributed by atoms with Crippen molar-refractivity contribution >= 4 is 5.95 Å². The summed E-state index contributed by atoms with van der Waals surface area (Å²) in [6.07, 6.45) is 14.6. The van der Waals surface area contributed by atoms with Gasteiger partial charge in [-0.25, -0.2) is 9.97 Å². The van der Waals surface area contributed by atoms with Crippen LogP contribution in [0.15, 0.2) is 36.8 Å². The van der Waals surface area contributed by atoms with Crippen molar-refractivity contribution < 1.29 is 0 Å². The van der Waals surface area contributed by atoms with Gasteiger partial charge in [0.15, 0.2) is 0 Å². The maximum Gasteiger partial charge on any atom is 0.219 e. The number of anilines is 1. The highest BCUT2D eigenvalue weighted by Crippen LogP contribution is 2.30. The zero-order valence-electron chi connectivity index (χ0n) is 11.8. The molecule has 1 unspecified atom stereocenters. The largest absolute Gasteiger partial charge is 0.368 e. The summed E-state index contributed by atoms with van der Waals surface area (Å²) in [5, 5.41) is 0. The highest BCUT2D eigenvalue weighted by molar-refractivity contribution is 5.27. The van der Waals surface area contributed by atoms with Gasteiger partial charge in [-0.05, 0) is 39.1 Å². The van der Waals surface area contributed by atoms with E-state index in [-0.39, 0.29) is 6.04 Å². The van der Waals surface area contributed by atoms with E-state index in [2.05, 4.69) is 51.2 Å². The fourth-order valence-electron chi connectivity index (χ4n) is 2.94. The lowest BCUT2D eigenvalue weighted by atomic mass is 9.98. The Morgan fingerprint density at radius 3 is 2.55 bits per heavy atom. The third kappa shape index (κ3) is 2.67. The minimum atomic E-state index is 0.217. The molecule has 3 heterocycles. The molecule has 2 aliphatic rings. The van der Waals surface area contributed by atoms with Crippen LogP contribution in [0.4, 0.5) is 5.95 Å². The van der Waals surface area contributed by atoms with Gasteiger partial charge in [0, 0.05) is 30.2 Å². The zero-order valence-corrected chi connectivity index (χ0v) is 11.8. The lowest BCUT2D eigenvalue weighted by Gasteiger charge is -2.41. The molecule has 20 heavy (non-hydrogen) atoms. The minimum Gasteiger partial charge on any atom is -0.368 e. The molecule has 5 nitrogen and oxygen atoms in total. The molecule has 0 aliphatic carbocycles. The molecule has 0 radical (unpaired) electrons. The maximum atomic E-state index is 5.58. The monoisotopic (exact) mass is 271 g/mol. The number of allylic oxidation sites excluding steroid dienone is 2. The number of piperidine rings is 1. The molecule has 0 saturated carbocycles. The Bertz CT molecular complexity index is 500. The van der Waals surface area contributed by atoms with E-state index in [1.165, 1.54) is 12.8 Å². The highest BCUT2D eigenvalue weighted by Gasteiger charge is 2.27. The van der Waals surface area contributed by atoms with Crippen LogP contribution in [-0.2, 0) is 0 Å². The molecular weight excluding hydrogens is 250 g/mol. The Hall–Kier alpha value is -1.88. The molecule has 3 rings (SSSR count). The van der Waals surface area contributed by atoms with Gasteiger partial charge >= 0.3 is 0 Å².